The van der Waals surface area contributed by atoms with Crippen LogP contribution < -0.4 is 9.47 Å². The zero-order chi connectivity index (χ0) is 50.9. The van der Waals surface area contributed by atoms with Gasteiger partial charge in [-0.1, -0.05) is 92.7 Å². The molecule has 8 nitrogen and oxygen atoms in total. The quantitative estimate of drug-likeness (QED) is 0.172. The summed E-state index contributed by atoms with van der Waals surface area (Å²) in [5.74, 6) is 6.80. The molecule has 8 heteroatoms. The average Bonchev–Trinajstić information content (AvgIpc) is 4.35. The molecule has 4 aromatic carbocycles. The Labute approximate surface area is 443 Å². The van der Waals surface area contributed by atoms with E-state index in [4.69, 9.17) is 19.4 Å². The minimum atomic E-state index is -0.175. The number of Topliss-reactive ketones (excluding diaryl/α,β-unsaturated/α-hetero) is 2. The molecule has 3 aromatic heterocycles. The van der Waals surface area contributed by atoms with Crippen molar-refractivity contribution in [3.8, 4) is 45.3 Å². The van der Waals surface area contributed by atoms with Gasteiger partial charge in [-0.3, -0.25) is 9.59 Å². The first-order chi connectivity index (χ1) is 37.2. The standard InChI is InChI=1S/C68H62N4O4/c1-67-36-34-45-43-19-17-42(38-41(43)16-18-47(45)50(67)22-32-61(67)73)75-65-56-28-24-52(69-56)63(39-10-5-3-6-11-39)54-26-30-58(71-54)66(59-31-27-55(72-59)64(40-12-7-4-8-13-40)53-25-29-57(65)70-53)76-60-15-9-14-44-46-35-37-68(2)51(23-33-62(68)74)48(46)20-21-49(44)60/h3-15,17,19,24-31,38,45-48,50-51,69,72H,16,18,20-23,32-37H2,1-2H3/t45-,46-,47-,48-,50+,51+,67+,68+/m1/s1. The number of benzene rings is 4. The molecule has 8 bridgehead atoms. The number of H-pyrrole nitrogens is 2. The Morgan fingerprint density at radius 1 is 0.487 bits per heavy atom. The molecule has 5 heterocycles. The highest BCUT2D eigenvalue weighted by molar-refractivity contribution is 5.96. The van der Waals surface area contributed by atoms with Crippen molar-refractivity contribution in [1.29, 1.82) is 0 Å². The van der Waals surface area contributed by atoms with Crippen molar-refractivity contribution in [2.45, 2.75) is 103 Å². The monoisotopic (exact) mass is 998 g/mol. The maximum atomic E-state index is 13.2. The second-order valence-corrected chi connectivity index (χ2v) is 23.7. The summed E-state index contributed by atoms with van der Waals surface area (Å²) >= 11 is 0. The Hall–Kier alpha value is -7.58. The van der Waals surface area contributed by atoms with Gasteiger partial charge in [-0.2, -0.15) is 0 Å². The molecule has 8 atom stereocenters. The lowest BCUT2D eigenvalue weighted by molar-refractivity contribution is -0.130. The van der Waals surface area contributed by atoms with Crippen LogP contribution in [0.4, 0.5) is 0 Å². The van der Waals surface area contributed by atoms with Crippen LogP contribution >= 0.6 is 0 Å². The highest BCUT2D eigenvalue weighted by Crippen LogP contribution is 2.62. The summed E-state index contributed by atoms with van der Waals surface area (Å²) in [6.07, 6.45) is 20.0. The molecule has 0 saturated heterocycles. The number of nitrogens with one attached hydrogen (secondary N) is 2. The minimum Gasteiger partial charge on any atom is -0.453 e. The third-order valence-electron chi connectivity index (χ3n) is 20.1. The van der Waals surface area contributed by atoms with E-state index in [0.29, 0.717) is 58.6 Å². The summed E-state index contributed by atoms with van der Waals surface area (Å²) in [6.45, 7) is 4.50. The highest BCUT2D eigenvalue weighted by Gasteiger charge is 2.56. The molecular formula is C68H62N4O4. The third-order valence-corrected chi connectivity index (χ3v) is 20.1. The van der Waals surface area contributed by atoms with Gasteiger partial charge >= 0.3 is 0 Å². The number of aromatic nitrogens is 4. The maximum absolute atomic E-state index is 13.2. The third kappa shape index (κ3) is 7.15. The Morgan fingerprint density at radius 3 is 1.61 bits per heavy atom. The molecule has 7 aromatic rings. The molecule has 378 valence electrons. The number of carbonyl (C=O) groups is 2. The Morgan fingerprint density at radius 2 is 1.01 bits per heavy atom. The summed E-state index contributed by atoms with van der Waals surface area (Å²) in [5.41, 5.74) is 15.6. The van der Waals surface area contributed by atoms with Gasteiger partial charge in [-0.15, -0.1) is 0 Å². The van der Waals surface area contributed by atoms with E-state index in [1.165, 1.54) is 22.3 Å². The summed E-state index contributed by atoms with van der Waals surface area (Å²) in [6, 6.07) is 42.8. The van der Waals surface area contributed by atoms with Crippen LogP contribution in [0.2, 0.25) is 0 Å². The summed E-state index contributed by atoms with van der Waals surface area (Å²) < 4.78 is 14.5. The van der Waals surface area contributed by atoms with Gasteiger partial charge < -0.3 is 19.4 Å². The number of ether oxygens (including phenoxy) is 2. The number of rotatable bonds is 6. The van der Waals surface area contributed by atoms with Gasteiger partial charge in [-0.05, 0) is 200 Å². The van der Waals surface area contributed by atoms with Crippen LogP contribution in [0.3, 0.4) is 0 Å². The second kappa shape index (κ2) is 17.5. The summed E-state index contributed by atoms with van der Waals surface area (Å²) in [5, 5.41) is 0. The average molecular weight is 999 g/mol. The molecule has 2 aliphatic heterocycles. The van der Waals surface area contributed by atoms with Crippen molar-refractivity contribution >= 4 is 57.9 Å². The molecule has 2 N–H and O–H groups in total. The van der Waals surface area contributed by atoms with Gasteiger partial charge in [0.1, 0.15) is 34.5 Å². The molecule has 0 radical (unpaired) electrons. The normalized spacial score (nSPS) is 26.8. The Balaban J connectivity index is 0.893. The number of nitrogens with zero attached hydrogens (tertiary/aromatic N) is 2. The van der Waals surface area contributed by atoms with E-state index in [0.717, 1.165) is 156 Å². The zero-order valence-electron chi connectivity index (χ0n) is 43.3. The van der Waals surface area contributed by atoms with E-state index in [1.54, 1.807) is 0 Å². The van der Waals surface area contributed by atoms with Gasteiger partial charge in [0.25, 0.3) is 0 Å². The van der Waals surface area contributed by atoms with Crippen molar-refractivity contribution in [2.75, 3.05) is 0 Å². The molecule has 0 unspecified atom stereocenters. The SMILES string of the molecule is C[C@]12CC[C@@H]3c4ccc(Oc5c6nc(c(-c7ccccc7)c7ccc([nH]7)c(Oc7cccc8c7CC[C@@H]7[C@@H]8CC[C@]8(C)C(=O)CC[C@@H]78)c7nc(c(-c8ccccc8)c8ccc5[nH]8)C=C7)C=C6)cc4CC[C@H]3[C@@H]1CCC2=O. The predicted molar refractivity (Wildman–Crippen MR) is 302 cm³/mol. The van der Waals surface area contributed by atoms with Crippen LogP contribution in [0.25, 0.3) is 68.6 Å². The topological polar surface area (TPSA) is 110 Å². The molecule has 0 amide bonds. The van der Waals surface area contributed by atoms with Crippen molar-refractivity contribution < 1.29 is 19.1 Å². The Bertz CT molecular complexity index is 3770. The first-order valence-corrected chi connectivity index (χ1v) is 28.1. The van der Waals surface area contributed by atoms with Gasteiger partial charge in [0.15, 0.2) is 11.5 Å². The molecule has 4 saturated carbocycles. The van der Waals surface area contributed by atoms with Crippen LogP contribution in [-0.4, -0.2) is 31.5 Å². The van der Waals surface area contributed by atoms with Crippen LogP contribution in [0, 0.1) is 34.5 Å². The van der Waals surface area contributed by atoms with E-state index < -0.39 is 0 Å². The fourth-order valence-corrected chi connectivity index (χ4v) is 16.3. The number of aryl methyl sites for hydroxylation is 1. The number of hydrogen-bond acceptors (Lipinski definition) is 6. The fourth-order valence-electron chi connectivity index (χ4n) is 16.3. The van der Waals surface area contributed by atoms with E-state index >= 15 is 0 Å². The highest BCUT2D eigenvalue weighted by atomic mass is 16.5. The number of hydrogen-bond donors (Lipinski definition) is 2. The summed E-state index contributed by atoms with van der Waals surface area (Å²) in [7, 11) is 0. The molecule has 4 fully saturated rings. The predicted octanol–water partition coefficient (Wildman–Crippen LogP) is 16.4. The van der Waals surface area contributed by atoms with Crippen LogP contribution in [-0.2, 0) is 22.4 Å². The lowest BCUT2D eigenvalue weighted by Gasteiger charge is -2.48. The van der Waals surface area contributed by atoms with Gasteiger partial charge in [-0.25, -0.2) is 9.97 Å². The number of ketones is 2. The smallest absolute Gasteiger partial charge is 0.176 e. The molecule has 15 rings (SSSR count). The first-order valence-electron chi connectivity index (χ1n) is 28.1. The van der Waals surface area contributed by atoms with E-state index in [9.17, 15) is 9.59 Å². The zero-order valence-corrected chi connectivity index (χ0v) is 43.3. The molecule has 0 spiro atoms. The van der Waals surface area contributed by atoms with E-state index in [-0.39, 0.29) is 10.8 Å². The van der Waals surface area contributed by atoms with Gasteiger partial charge in [0.2, 0.25) is 0 Å². The van der Waals surface area contributed by atoms with Crippen LogP contribution in [0.5, 0.6) is 23.0 Å². The molecule has 76 heavy (non-hydrogen) atoms. The van der Waals surface area contributed by atoms with Crippen molar-refractivity contribution in [3.05, 3.63) is 166 Å². The largest absolute Gasteiger partial charge is 0.453 e. The lowest BCUT2D eigenvalue weighted by atomic mass is 9.55. The number of fused-ring (bicyclic) bond motifs is 18. The molecule has 6 aliphatic carbocycles. The van der Waals surface area contributed by atoms with E-state index in [1.807, 2.05) is 12.1 Å². The molecule has 8 aliphatic rings. The van der Waals surface area contributed by atoms with Crippen molar-refractivity contribution in [3.63, 3.8) is 0 Å². The fraction of sp³-hybridized carbons (Fsp3) is 0.324. The van der Waals surface area contributed by atoms with Crippen LogP contribution in [0.1, 0.15) is 135 Å². The van der Waals surface area contributed by atoms with Gasteiger partial charge in [0.05, 0.1) is 22.4 Å². The van der Waals surface area contributed by atoms with Gasteiger partial charge in [0, 0.05) is 45.8 Å². The van der Waals surface area contributed by atoms with Crippen molar-refractivity contribution in [1.82, 2.24) is 19.9 Å². The van der Waals surface area contributed by atoms with Crippen LogP contribution in [0.15, 0.2) is 121 Å². The van der Waals surface area contributed by atoms with E-state index in [2.05, 4.69) is 157 Å². The second-order valence-electron chi connectivity index (χ2n) is 23.7. The van der Waals surface area contributed by atoms with Crippen molar-refractivity contribution in [2.24, 2.45) is 34.5 Å². The lowest BCUT2D eigenvalue weighted by Crippen LogP contribution is -2.42. The Kier molecular flexibility index (Phi) is 10.5. The number of aromatic amines is 2. The summed E-state index contributed by atoms with van der Waals surface area (Å²) in [4.78, 5) is 45.0. The first kappa shape index (κ1) is 45.8. The molecular weight excluding hydrogens is 937 g/mol. The number of carbonyl (C=O) groups excluding carboxylic acids is 2. The minimum absolute atomic E-state index is 0.148. The maximum Gasteiger partial charge on any atom is 0.176 e.